The quantitative estimate of drug-likeness (QED) is 0.566. The maximum atomic E-state index is 6.09. The highest BCUT2D eigenvalue weighted by Gasteiger charge is 2.17. The molecule has 1 unspecified atom stereocenters. The molecule has 3 rings (SSSR count). The van der Waals surface area contributed by atoms with Gasteiger partial charge in [-0.1, -0.05) is 17.3 Å². The van der Waals surface area contributed by atoms with Crippen LogP contribution in [-0.2, 0) is 17.8 Å². The zero-order valence-corrected chi connectivity index (χ0v) is 16.1. The molecular formula is C19H27N5O3. The summed E-state index contributed by atoms with van der Waals surface area (Å²) in [5.41, 5.74) is 2.25. The Morgan fingerprint density at radius 2 is 2.15 bits per heavy atom. The van der Waals surface area contributed by atoms with Crippen LogP contribution < -0.4 is 15.4 Å². The summed E-state index contributed by atoms with van der Waals surface area (Å²) in [4.78, 5) is 8.40. The molecule has 0 bridgehead atoms. The van der Waals surface area contributed by atoms with Crippen LogP contribution in [0.25, 0.3) is 0 Å². The predicted molar refractivity (Wildman–Crippen MR) is 102 cm³/mol. The molecule has 2 aromatic rings. The summed E-state index contributed by atoms with van der Waals surface area (Å²) in [6, 6.07) is 6.24. The van der Waals surface area contributed by atoms with Crippen LogP contribution in [0.4, 0.5) is 0 Å². The van der Waals surface area contributed by atoms with Gasteiger partial charge in [-0.05, 0) is 25.0 Å². The molecule has 0 aliphatic carbocycles. The van der Waals surface area contributed by atoms with E-state index < -0.39 is 0 Å². The number of aliphatic imine (C=N–C) groups is 1. The van der Waals surface area contributed by atoms with Crippen LogP contribution in [0.2, 0.25) is 0 Å². The minimum Gasteiger partial charge on any atom is -0.493 e. The lowest BCUT2D eigenvalue weighted by Gasteiger charge is -2.16. The van der Waals surface area contributed by atoms with Crippen molar-refractivity contribution < 1.29 is 14.0 Å². The van der Waals surface area contributed by atoms with Gasteiger partial charge in [0.1, 0.15) is 5.75 Å². The van der Waals surface area contributed by atoms with E-state index in [1.54, 1.807) is 14.0 Å². The predicted octanol–water partition coefficient (Wildman–Crippen LogP) is 1.97. The van der Waals surface area contributed by atoms with E-state index in [2.05, 4.69) is 50.9 Å². The summed E-state index contributed by atoms with van der Waals surface area (Å²) in [5.74, 6) is 3.17. The first-order valence-corrected chi connectivity index (χ1v) is 9.18. The molecule has 1 aromatic heterocycles. The highest BCUT2D eigenvalue weighted by atomic mass is 16.5. The van der Waals surface area contributed by atoms with Gasteiger partial charge in [-0.25, -0.2) is 0 Å². The lowest BCUT2D eigenvalue weighted by atomic mass is 10.1. The third-order valence-electron chi connectivity index (χ3n) is 4.37. The van der Waals surface area contributed by atoms with Crippen molar-refractivity contribution >= 4 is 5.96 Å². The first kappa shape index (κ1) is 19.2. The lowest BCUT2D eigenvalue weighted by Crippen LogP contribution is -2.36. The number of hydrogen-bond acceptors (Lipinski definition) is 6. The molecule has 1 fully saturated rings. The van der Waals surface area contributed by atoms with Gasteiger partial charge in [0.25, 0.3) is 0 Å². The molecule has 1 aliphatic heterocycles. The van der Waals surface area contributed by atoms with Crippen molar-refractivity contribution in [2.45, 2.75) is 33.4 Å². The van der Waals surface area contributed by atoms with Crippen LogP contribution in [-0.4, -0.2) is 43.0 Å². The normalized spacial score (nSPS) is 17.1. The summed E-state index contributed by atoms with van der Waals surface area (Å²) in [6.07, 6.45) is 1.06. The molecule has 0 amide bonds. The Bertz CT molecular complexity index is 768. The summed E-state index contributed by atoms with van der Waals surface area (Å²) in [7, 11) is 1.73. The lowest BCUT2D eigenvalue weighted by molar-refractivity contribution is 0.166. The van der Waals surface area contributed by atoms with Crippen LogP contribution in [0.15, 0.2) is 27.7 Å². The number of ether oxygens (including phenoxy) is 2. The Hall–Kier alpha value is -2.61. The topological polar surface area (TPSA) is 93.8 Å². The number of guanidine groups is 1. The van der Waals surface area contributed by atoms with Crippen molar-refractivity contribution in [3.8, 4) is 5.75 Å². The van der Waals surface area contributed by atoms with Crippen molar-refractivity contribution in [2.75, 3.05) is 26.9 Å². The fourth-order valence-corrected chi connectivity index (χ4v) is 2.84. The smallest absolute Gasteiger partial charge is 0.223 e. The van der Waals surface area contributed by atoms with Gasteiger partial charge in [-0.15, -0.1) is 0 Å². The van der Waals surface area contributed by atoms with Gasteiger partial charge in [-0.3, -0.25) is 4.99 Å². The Morgan fingerprint density at radius 1 is 1.30 bits per heavy atom. The maximum absolute atomic E-state index is 6.09. The molecule has 1 atom stereocenters. The average Bonchev–Trinajstić information content (AvgIpc) is 3.33. The molecule has 1 saturated heterocycles. The molecule has 8 nitrogen and oxygen atoms in total. The number of hydrogen-bond donors (Lipinski definition) is 2. The molecule has 2 heterocycles. The second-order valence-electron chi connectivity index (χ2n) is 6.66. The maximum Gasteiger partial charge on any atom is 0.223 e. The molecule has 1 aromatic carbocycles. The number of aryl methyl sites for hydroxylation is 2. The molecule has 0 saturated carbocycles. The van der Waals surface area contributed by atoms with E-state index in [0.29, 0.717) is 43.3 Å². The molecule has 27 heavy (non-hydrogen) atoms. The zero-order valence-electron chi connectivity index (χ0n) is 16.1. The number of benzene rings is 1. The molecule has 2 N–H and O–H groups in total. The van der Waals surface area contributed by atoms with Gasteiger partial charge < -0.3 is 24.6 Å². The van der Waals surface area contributed by atoms with E-state index in [1.165, 1.54) is 5.56 Å². The van der Waals surface area contributed by atoms with Crippen molar-refractivity contribution in [1.29, 1.82) is 0 Å². The number of aromatic nitrogens is 2. The van der Waals surface area contributed by atoms with E-state index in [0.717, 1.165) is 30.9 Å². The standard InChI is InChI=1S/C19H27N5O3/c1-13-4-5-16(17(8-13)26-12-15-6-7-25-11-15)9-21-19(20-3)22-10-18-23-14(2)27-24-18/h4-5,8,15H,6-7,9-12H2,1-3H3,(H2,20,21,22). The van der Waals surface area contributed by atoms with Crippen molar-refractivity contribution in [1.82, 2.24) is 20.8 Å². The summed E-state index contributed by atoms with van der Waals surface area (Å²) < 4.78 is 16.5. The highest BCUT2D eigenvalue weighted by Crippen LogP contribution is 2.22. The van der Waals surface area contributed by atoms with Crippen LogP contribution in [0.3, 0.4) is 0 Å². The minimum atomic E-state index is 0.440. The fourth-order valence-electron chi connectivity index (χ4n) is 2.84. The van der Waals surface area contributed by atoms with E-state index in [1.807, 2.05) is 0 Å². The van der Waals surface area contributed by atoms with Crippen molar-refractivity contribution in [3.63, 3.8) is 0 Å². The highest BCUT2D eigenvalue weighted by molar-refractivity contribution is 5.79. The van der Waals surface area contributed by atoms with Gasteiger partial charge in [-0.2, -0.15) is 4.98 Å². The molecule has 0 spiro atoms. The van der Waals surface area contributed by atoms with Gasteiger partial charge in [0, 0.05) is 38.6 Å². The summed E-state index contributed by atoms with van der Waals surface area (Å²) in [6.45, 7) is 7.16. The number of nitrogens with zero attached hydrogens (tertiary/aromatic N) is 3. The van der Waals surface area contributed by atoms with Gasteiger partial charge in [0.2, 0.25) is 5.89 Å². The average molecular weight is 373 g/mol. The number of nitrogens with one attached hydrogen (secondary N) is 2. The van der Waals surface area contributed by atoms with Gasteiger partial charge in [0.15, 0.2) is 11.8 Å². The zero-order chi connectivity index (χ0) is 19.1. The fraction of sp³-hybridized carbons (Fsp3) is 0.526. The third-order valence-corrected chi connectivity index (χ3v) is 4.37. The first-order valence-electron chi connectivity index (χ1n) is 9.18. The molecule has 1 aliphatic rings. The Labute approximate surface area is 159 Å². The Balaban J connectivity index is 1.55. The second kappa shape index (κ2) is 9.36. The van der Waals surface area contributed by atoms with Crippen molar-refractivity contribution in [3.05, 3.63) is 41.0 Å². The summed E-state index contributed by atoms with van der Waals surface area (Å²) >= 11 is 0. The minimum absolute atomic E-state index is 0.440. The number of rotatable bonds is 7. The van der Waals surface area contributed by atoms with Crippen LogP contribution in [0.1, 0.15) is 29.3 Å². The molecular weight excluding hydrogens is 346 g/mol. The largest absolute Gasteiger partial charge is 0.493 e. The van der Waals surface area contributed by atoms with Crippen LogP contribution >= 0.6 is 0 Å². The van der Waals surface area contributed by atoms with E-state index in [9.17, 15) is 0 Å². The Morgan fingerprint density at radius 3 is 2.85 bits per heavy atom. The SMILES string of the molecule is CN=C(NCc1noc(C)n1)NCc1ccc(C)cc1OCC1CCOC1. The van der Waals surface area contributed by atoms with E-state index in [-0.39, 0.29) is 0 Å². The van der Waals surface area contributed by atoms with Gasteiger partial charge in [0.05, 0.1) is 19.8 Å². The monoisotopic (exact) mass is 373 g/mol. The molecule has 0 radical (unpaired) electrons. The van der Waals surface area contributed by atoms with Gasteiger partial charge >= 0.3 is 0 Å². The molecule has 146 valence electrons. The molecule has 8 heteroatoms. The third kappa shape index (κ3) is 5.68. The first-order chi connectivity index (χ1) is 13.1. The Kier molecular flexibility index (Phi) is 6.64. The second-order valence-corrected chi connectivity index (χ2v) is 6.66. The van der Waals surface area contributed by atoms with Crippen LogP contribution in [0, 0.1) is 19.8 Å². The summed E-state index contributed by atoms with van der Waals surface area (Å²) in [5, 5.41) is 10.3. The van der Waals surface area contributed by atoms with E-state index in [4.69, 9.17) is 14.0 Å². The van der Waals surface area contributed by atoms with Crippen LogP contribution in [0.5, 0.6) is 5.75 Å². The van der Waals surface area contributed by atoms with E-state index >= 15 is 0 Å². The van der Waals surface area contributed by atoms with Crippen molar-refractivity contribution in [2.24, 2.45) is 10.9 Å².